The van der Waals surface area contributed by atoms with Gasteiger partial charge in [0.05, 0.1) is 5.60 Å². The highest BCUT2D eigenvalue weighted by atomic mass is 16.6. The van der Waals surface area contributed by atoms with Crippen LogP contribution >= 0.6 is 0 Å². The number of aliphatic hydroxyl groups is 2. The zero-order valence-electron chi connectivity index (χ0n) is 23.7. The van der Waals surface area contributed by atoms with E-state index < -0.39 is 81.7 Å². The van der Waals surface area contributed by atoms with Crippen LogP contribution in [0.4, 0.5) is 0 Å². The van der Waals surface area contributed by atoms with E-state index in [1.807, 2.05) is 6.92 Å². The summed E-state index contributed by atoms with van der Waals surface area (Å²) in [5.41, 5.74) is -6.39. The zero-order valence-corrected chi connectivity index (χ0v) is 23.7. The first-order valence-electron chi connectivity index (χ1n) is 13.5. The molecule has 38 heavy (non-hydrogen) atoms. The van der Waals surface area contributed by atoms with Crippen LogP contribution in [0.25, 0.3) is 0 Å². The van der Waals surface area contributed by atoms with E-state index in [-0.39, 0.29) is 25.2 Å². The molecule has 0 unspecified atom stereocenters. The summed E-state index contributed by atoms with van der Waals surface area (Å²) < 4.78 is 23.4. The minimum absolute atomic E-state index is 0.0713. The number of rotatable bonds is 4. The maximum Gasteiger partial charge on any atom is 0.303 e. The monoisotopic (exact) mass is 538 g/mol. The van der Waals surface area contributed by atoms with Gasteiger partial charge in [-0.05, 0) is 51.9 Å². The molecule has 0 aromatic carbocycles. The zero-order chi connectivity index (χ0) is 28.6. The molecule has 2 bridgehead atoms. The third-order valence-electron chi connectivity index (χ3n) is 10.4. The van der Waals surface area contributed by atoms with Crippen LogP contribution in [0.2, 0.25) is 0 Å². The van der Waals surface area contributed by atoms with Gasteiger partial charge in [0.25, 0.3) is 0 Å². The number of hydrogen-bond acceptors (Lipinski definition) is 10. The van der Waals surface area contributed by atoms with E-state index >= 15 is 0 Å². The predicted octanol–water partition coefficient (Wildman–Crippen LogP) is 2.45. The van der Waals surface area contributed by atoms with Crippen molar-refractivity contribution in [3.8, 4) is 0 Å². The summed E-state index contributed by atoms with van der Waals surface area (Å²) in [6.45, 7) is 12.2. The van der Waals surface area contributed by atoms with Crippen molar-refractivity contribution in [1.82, 2.24) is 0 Å². The molecule has 4 aliphatic rings. The maximum atomic E-state index is 12.6. The van der Waals surface area contributed by atoms with Crippen LogP contribution in [0.15, 0.2) is 0 Å². The highest BCUT2D eigenvalue weighted by Crippen LogP contribution is 2.71. The first-order valence-corrected chi connectivity index (χ1v) is 13.5. The van der Waals surface area contributed by atoms with Crippen molar-refractivity contribution in [3.05, 3.63) is 0 Å². The van der Waals surface area contributed by atoms with E-state index in [9.17, 15) is 29.4 Å². The van der Waals surface area contributed by atoms with E-state index in [0.717, 1.165) is 0 Å². The second-order valence-electron chi connectivity index (χ2n) is 13.0. The van der Waals surface area contributed by atoms with Crippen LogP contribution in [0, 0.1) is 28.6 Å². The molecule has 10 nitrogen and oxygen atoms in total. The number of ether oxygens (including phenoxy) is 4. The minimum Gasteiger partial charge on any atom is -0.462 e. The van der Waals surface area contributed by atoms with Crippen molar-refractivity contribution in [3.63, 3.8) is 0 Å². The summed E-state index contributed by atoms with van der Waals surface area (Å²) in [5, 5.41) is 25.1. The van der Waals surface area contributed by atoms with E-state index in [2.05, 4.69) is 0 Å². The highest BCUT2D eigenvalue weighted by Gasteiger charge is 2.79. The second-order valence-corrected chi connectivity index (χ2v) is 13.0. The van der Waals surface area contributed by atoms with Gasteiger partial charge in [-0.1, -0.05) is 13.8 Å². The van der Waals surface area contributed by atoms with Crippen LogP contribution in [0.5, 0.6) is 0 Å². The second kappa shape index (κ2) is 8.91. The van der Waals surface area contributed by atoms with Gasteiger partial charge in [0.15, 0.2) is 0 Å². The van der Waals surface area contributed by atoms with Crippen LogP contribution in [-0.4, -0.2) is 69.2 Å². The first-order chi connectivity index (χ1) is 17.3. The third kappa shape index (κ3) is 3.96. The molecule has 0 heterocycles. The topological polar surface area (TPSA) is 146 Å². The molecule has 2 N–H and O–H groups in total. The van der Waals surface area contributed by atoms with E-state index in [1.165, 1.54) is 27.7 Å². The Balaban J connectivity index is 1.94. The lowest BCUT2D eigenvalue weighted by atomic mass is 9.57. The van der Waals surface area contributed by atoms with Crippen LogP contribution in [0.1, 0.15) is 87.5 Å². The average molecular weight is 539 g/mol. The van der Waals surface area contributed by atoms with Gasteiger partial charge < -0.3 is 29.2 Å². The molecule has 4 aliphatic carbocycles. The normalized spacial score (nSPS) is 46.7. The minimum atomic E-state index is -1.79. The Morgan fingerprint density at radius 3 is 1.82 bits per heavy atom. The summed E-state index contributed by atoms with van der Waals surface area (Å²) in [6, 6.07) is 0. The number of hydrogen-bond donors (Lipinski definition) is 2. The van der Waals surface area contributed by atoms with E-state index in [4.69, 9.17) is 18.9 Å². The quantitative estimate of drug-likeness (QED) is 0.404. The molecule has 4 rings (SSSR count). The molecular weight excluding hydrogens is 496 g/mol. The Kier molecular flexibility index (Phi) is 6.75. The van der Waals surface area contributed by atoms with Gasteiger partial charge in [-0.3, -0.25) is 19.2 Å². The molecule has 4 saturated carbocycles. The molecule has 10 heteroatoms. The average Bonchev–Trinajstić information content (AvgIpc) is 2.98. The van der Waals surface area contributed by atoms with Gasteiger partial charge in [0.1, 0.15) is 29.5 Å². The van der Waals surface area contributed by atoms with Crippen molar-refractivity contribution in [2.45, 2.75) is 123 Å². The highest BCUT2D eigenvalue weighted by molar-refractivity contribution is 5.68. The Bertz CT molecular complexity index is 1030. The largest absolute Gasteiger partial charge is 0.462 e. The molecule has 4 fully saturated rings. The maximum absolute atomic E-state index is 12.6. The molecule has 0 aromatic rings. The number of fused-ring (bicyclic) bond motifs is 2. The van der Waals surface area contributed by atoms with E-state index in [0.29, 0.717) is 12.8 Å². The fraction of sp³-hybridized carbons (Fsp3) is 0.857. The van der Waals surface area contributed by atoms with Gasteiger partial charge in [-0.2, -0.15) is 0 Å². The molecule has 0 amide bonds. The summed E-state index contributed by atoms with van der Waals surface area (Å²) in [7, 11) is 0. The lowest BCUT2D eigenvalue weighted by molar-refractivity contribution is -0.215. The third-order valence-corrected chi connectivity index (χ3v) is 10.4. The Labute approximate surface area is 223 Å². The number of carbonyl (C=O) groups excluding carboxylic acids is 4. The van der Waals surface area contributed by atoms with Crippen molar-refractivity contribution >= 4 is 23.9 Å². The van der Waals surface area contributed by atoms with Gasteiger partial charge in [-0.25, -0.2) is 0 Å². The Hall–Kier alpha value is -2.20. The van der Waals surface area contributed by atoms with Gasteiger partial charge >= 0.3 is 23.9 Å². The van der Waals surface area contributed by atoms with Crippen molar-refractivity contribution < 1.29 is 48.3 Å². The molecule has 0 aromatic heterocycles. The Morgan fingerprint density at radius 1 is 0.737 bits per heavy atom. The smallest absolute Gasteiger partial charge is 0.303 e. The van der Waals surface area contributed by atoms with Gasteiger partial charge in [0.2, 0.25) is 0 Å². The number of esters is 4. The summed E-state index contributed by atoms with van der Waals surface area (Å²) >= 11 is 0. The summed E-state index contributed by atoms with van der Waals surface area (Å²) in [4.78, 5) is 49.0. The van der Waals surface area contributed by atoms with Crippen molar-refractivity contribution in [2.75, 3.05) is 0 Å². The molecular formula is C28H42O10. The standard InChI is InChI=1S/C28H42O10/c1-14(29)35-21-11-20-26(8,33)19-10-9-18-23(37-16(3)31)27(19,13-25(18,7)38-17(4)32)12-22(36-15(2)30)28(20,34)24(21,5)6/h18-23,33-34H,9-13H2,1-8H3/t18-,19+,20+,21+,22-,23-,25-,26-,27+,28+/m1/s1. The molecule has 0 saturated heterocycles. The first kappa shape index (κ1) is 28.8. The SMILES string of the molecule is CC(=O)O[C@H]1C[C@H]2[C@](C)(O)[C@@H]3CC[C@@H]4[C@@H](OC(C)=O)[C@@]3(C[C@@H](OC(C)=O)[C@]2(O)C1(C)C)C[C@@]4(C)OC(C)=O. The summed E-state index contributed by atoms with van der Waals surface area (Å²) in [6.07, 6.45) is -1.06. The predicted molar refractivity (Wildman–Crippen MR) is 132 cm³/mol. The Morgan fingerprint density at radius 2 is 1.29 bits per heavy atom. The fourth-order valence-corrected chi connectivity index (χ4v) is 9.23. The van der Waals surface area contributed by atoms with Crippen LogP contribution in [0.3, 0.4) is 0 Å². The molecule has 1 spiro atoms. The molecule has 0 radical (unpaired) electrons. The lowest BCUT2D eigenvalue weighted by Gasteiger charge is -2.51. The molecule has 0 aliphatic heterocycles. The lowest BCUT2D eigenvalue weighted by Crippen LogP contribution is -2.61. The van der Waals surface area contributed by atoms with Gasteiger partial charge in [0, 0.05) is 50.4 Å². The number of carbonyl (C=O) groups is 4. The van der Waals surface area contributed by atoms with Crippen LogP contribution in [-0.2, 0) is 38.1 Å². The fourth-order valence-electron chi connectivity index (χ4n) is 9.23. The van der Waals surface area contributed by atoms with Gasteiger partial charge in [-0.15, -0.1) is 0 Å². The summed E-state index contributed by atoms with van der Waals surface area (Å²) in [5.74, 6) is -3.77. The molecule has 10 atom stereocenters. The van der Waals surface area contributed by atoms with Crippen molar-refractivity contribution in [1.29, 1.82) is 0 Å². The van der Waals surface area contributed by atoms with Crippen LogP contribution < -0.4 is 0 Å². The molecule has 214 valence electrons. The van der Waals surface area contributed by atoms with Crippen molar-refractivity contribution in [2.24, 2.45) is 28.6 Å². The van der Waals surface area contributed by atoms with E-state index in [1.54, 1.807) is 20.8 Å².